The van der Waals surface area contributed by atoms with E-state index in [1.807, 2.05) is 31.2 Å². The Morgan fingerprint density at radius 2 is 2.09 bits per heavy atom. The molecule has 0 saturated heterocycles. The molecule has 0 N–H and O–H groups in total. The summed E-state index contributed by atoms with van der Waals surface area (Å²) in [7, 11) is 0. The lowest BCUT2D eigenvalue weighted by atomic mass is 10.0. The Hall–Kier alpha value is -2.55. The molecule has 0 radical (unpaired) electrons. The Kier molecular flexibility index (Phi) is 4.99. The number of carboxylic acids is 1. The van der Waals surface area contributed by atoms with E-state index in [2.05, 4.69) is 19.1 Å². The van der Waals surface area contributed by atoms with Crippen LogP contribution in [0.3, 0.4) is 0 Å². The van der Waals surface area contributed by atoms with Gasteiger partial charge < -0.3 is 14.6 Å². The largest absolute Gasteiger partial charge is 0.545 e. The second-order valence-corrected chi connectivity index (χ2v) is 5.42. The first-order valence-corrected chi connectivity index (χ1v) is 7.14. The number of carbonyl (C=O) groups excluding carboxylic acids is 1. The van der Waals surface area contributed by atoms with Gasteiger partial charge in [0.15, 0.2) is 0 Å². The van der Waals surface area contributed by atoms with Crippen molar-refractivity contribution in [1.29, 1.82) is 0 Å². The van der Waals surface area contributed by atoms with Gasteiger partial charge in [-0.15, -0.1) is 0 Å². The molecule has 22 heavy (non-hydrogen) atoms. The summed E-state index contributed by atoms with van der Waals surface area (Å²) in [6.45, 7) is 6.33. The second kappa shape index (κ2) is 6.94. The standard InChI is InChI=1S/C19H20O3/c1-13(10-19(20)21)5-4-6-15(3)17-11-16-9-14(2)7-8-18(16)22-12-17/h4-11H,12H2,1-3H3,(H,20,21)/p-1/b5-4+,13-10+,15-6+. The zero-order chi connectivity index (χ0) is 16.1. The number of ether oxygens (including phenoxy) is 1. The van der Waals surface area contributed by atoms with Gasteiger partial charge in [0.1, 0.15) is 12.4 Å². The summed E-state index contributed by atoms with van der Waals surface area (Å²) in [5.74, 6) is -0.274. The molecule has 2 rings (SSSR count). The fourth-order valence-electron chi connectivity index (χ4n) is 2.21. The smallest absolute Gasteiger partial charge is 0.127 e. The van der Waals surface area contributed by atoms with Gasteiger partial charge in [0.2, 0.25) is 0 Å². The Bertz CT molecular complexity index is 703. The fourth-order valence-corrected chi connectivity index (χ4v) is 2.21. The lowest BCUT2D eigenvalue weighted by Gasteiger charge is -2.18. The van der Waals surface area contributed by atoms with E-state index in [9.17, 15) is 9.90 Å². The number of aryl methyl sites for hydroxylation is 1. The van der Waals surface area contributed by atoms with E-state index >= 15 is 0 Å². The van der Waals surface area contributed by atoms with Crippen LogP contribution in [0, 0.1) is 6.92 Å². The molecule has 0 atom stereocenters. The summed E-state index contributed by atoms with van der Waals surface area (Å²) in [5.41, 5.74) is 5.13. The van der Waals surface area contributed by atoms with Gasteiger partial charge in [0.05, 0.1) is 5.97 Å². The summed E-state index contributed by atoms with van der Waals surface area (Å²) >= 11 is 0. The number of carbonyl (C=O) groups is 1. The van der Waals surface area contributed by atoms with E-state index in [4.69, 9.17) is 4.74 Å². The number of rotatable bonds is 4. The van der Waals surface area contributed by atoms with Crippen LogP contribution in [0.5, 0.6) is 5.75 Å². The van der Waals surface area contributed by atoms with E-state index in [0.29, 0.717) is 12.2 Å². The number of aliphatic carboxylic acids is 1. The van der Waals surface area contributed by atoms with Crippen LogP contribution in [0.25, 0.3) is 6.08 Å². The van der Waals surface area contributed by atoms with Crippen LogP contribution in [0.2, 0.25) is 0 Å². The van der Waals surface area contributed by atoms with Crippen molar-refractivity contribution in [2.24, 2.45) is 0 Å². The predicted octanol–water partition coefficient (Wildman–Crippen LogP) is 2.97. The van der Waals surface area contributed by atoms with Crippen LogP contribution >= 0.6 is 0 Å². The van der Waals surface area contributed by atoms with E-state index in [1.54, 1.807) is 13.0 Å². The predicted molar refractivity (Wildman–Crippen MR) is 86.3 cm³/mol. The number of fused-ring (bicyclic) bond motifs is 1. The summed E-state index contributed by atoms with van der Waals surface area (Å²) < 4.78 is 5.76. The van der Waals surface area contributed by atoms with E-state index in [0.717, 1.165) is 28.5 Å². The first-order valence-electron chi connectivity index (χ1n) is 7.14. The molecule has 0 unspecified atom stereocenters. The monoisotopic (exact) mass is 295 g/mol. The van der Waals surface area contributed by atoms with Crippen molar-refractivity contribution in [2.75, 3.05) is 6.61 Å². The van der Waals surface area contributed by atoms with Crippen LogP contribution < -0.4 is 9.84 Å². The first kappa shape index (κ1) is 15.8. The summed E-state index contributed by atoms with van der Waals surface area (Å²) in [5, 5.41) is 10.4. The van der Waals surface area contributed by atoms with Crippen LogP contribution in [0.4, 0.5) is 0 Å². The van der Waals surface area contributed by atoms with Crippen molar-refractivity contribution in [2.45, 2.75) is 20.8 Å². The highest BCUT2D eigenvalue weighted by Gasteiger charge is 2.11. The molecule has 114 valence electrons. The van der Waals surface area contributed by atoms with Crippen LogP contribution in [-0.2, 0) is 4.79 Å². The minimum Gasteiger partial charge on any atom is -0.545 e. The topological polar surface area (TPSA) is 49.4 Å². The summed E-state index contributed by atoms with van der Waals surface area (Å²) in [6, 6.07) is 6.13. The minimum atomic E-state index is -1.18. The fraction of sp³-hybridized carbons (Fsp3) is 0.211. The number of benzene rings is 1. The van der Waals surface area contributed by atoms with Gasteiger partial charge in [-0.1, -0.05) is 29.9 Å². The van der Waals surface area contributed by atoms with E-state index in [1.165, 1.54) is 5.56 Å². The molecule has 0 saturated carbocycles. The summed E-state index contributed by atoms with van der Waals surface area (Å²) in [6.07, 6.45) is 8.72. The average molecular weight is 295 g/mol. The molecule has 1 aromatic carbocycles. The third-order valence-corrected chi connectivity index (χ3v) is 3.44. The molecule has 0 fully saturated rings. The molecule has 0 aliphatic carbocycles. The minimum absolute atomic E-state index is 0.542. The van der Waals surface area contributed by atoms with Crippen molar-refractivity contribution in [1.82, 2.24) is 0 Å². The quantitative estimate of drug-likeness (QED) is 0.634. The number of hydrogen-bond donors (Lipinski definition) is 0. The highest BCUT2D eigenvalue weighted by molar-refractivity contribution is 5.79. The molecule has 1 aliphatic heterocycles. The van der Waals surface area contributed by atoms with E-state index < -0.39 is 5.97 Å². The normalized spacial score (nSPS) is 15.3. The molecule has 1 aromatic rings. The van der Waals surface area contributed by atoms with Gasteiger partial charge in [0, 0.05) is 5.56 Å². The van der Waals surface area contributed by atoms with Crippen molar-refractivity contribution in [3.8, 4) is 5.75 Å². The second-order valence-electron chi connectivity index (χ2n) is 5.42. The summed E-state index contributed by atoms with van der Waals surface area (Å²) in [4.78, 5) is 10.4. The van der Waals surface area contributed by atoms with Crippen LogP contribution in [0.1, 0.15) is 25.0 Å². The van der Waals surface area contributed by atoms with E-state index in [-0.39, 0.29) is 0 Å². The molecular weight excluding hydrogens is 276 g/mol. The highest BCUT2D eigenvalue weighted by atomic mass is 16.5. The zero-order valence-electron chi connectivity index (χ0n) is 13.1. The van der Waals surface area contributed by atoms with Gasteiger partial charge in [-0.2, -0.15) is 0 Å². The van der Waals surface area contributed by atoms with Crippen molar-refractivity contribution in [3.05, 3.63) is 70.3 Å². The Balaban J connectivity index is 2.16. The Labute approximate surface area is 130 Å². The van der Waals surface area contributed by atoms with Crippen molar-refractivity contribution in [3.63, 3.8) is 0 Å². The first-order chi connectivity index (χ1) is 10.5. The molecule has 0 amide bonds. The maximum absolute atomic E-state index is 10.4. The van der Waals surface area contributed by atoms with Gasteiger partial charge in [-0.25, -0.2) is 0 Å². The molecule has 0 spiro atoms. The Morgan fingerprint density at radius 3 is 2.82 bits per heavy atom. The molecule has 3 nitrogen and oxygen atoms in total. The SMILES string of the molecule is CC(/C=C/C=C(\C)C1=Cc2cc(C)ccc2OC1)=C\C(=O)[O-]. The number of allylic oxidation sites excluding steroid dienone is 4. The average Bonchev–Trinajstić information content (AvgIpc) is 2.45. The highest BCUT2D eigenvalue weighted by Crippen LogP contribution is 2.29. The third-order valence-electron chi connectivity index (χ3n) is 3.44. The number of carboxylic acid groups (broad SMARTS) is 1. The van der Waals surface area contributed by atoms with Crippen LogP contribution in [-0.4, -0.2) is 12.6 Å². The maximum atomic E-state index is 10.4. The molecule has 0 bridgehead atoms. The lowest BCUT2D eigenvalue weighted by Crippen LogP contribution is -2.19. The molecule has 3 heteroatoms. The van der Waals surface area contributed by atoms with Crippen molar-refractivity contribution < 1.29 is 14.6 Å². The van der Waals surface area contributed by atoms with Gasteiger partial charge in [0.25, 0.3) is 0 Å². The molecular formula is C19H19O3-. The number of hydrogen-bond acceptors (Lipinski definition) is 3. The van der Waals surface area contributed by atoms with Gasteiger partial charge >= 0.3 is 0 Å². The van der Waals surface area contributed by atoms with Crippen molar-refractivity contribution >= 4 is 12.0 Å². The zero-order valence-corrected chi connectivity index (χ0v) is 13.1. The van der Waals surface area contributed by atoms with Gasteiger partial charge in [-0.3, -0.25) is 0 Å². The third kappa shape index (κ3) is 4.22. The molecule has 0 aromatic heterocycles. The van der Waals surface area contributed by atoms with Crippen LogP contribution in [0.15, 0.2) is 59.2 Å². The maximum Gasteiger partial charge on any atom is 0.127 e. The molecule has 1 aliphatic rings. The lowest BCUT2D eigenvalue weighted by molar-refractivity contribution is -0.297. The van der Waals surface area contributed by atoms with Gasteiger partial charge in [-0.05, 0) is 61.8 Å². The molecule has 1 heterocycles. The Morgan fingerprint density at radius 1 is 1.32 bits per heavy atom.